The van der Waals surface area contributed by atoms with Gasteiger partial charge in [-0.2, -0.15) is 0 Å². The van der Waals surface area contributed by atoms with Gasteiger partial charge in [0.25, 0.3) is 0 Å². The molecule has 0 heterocycles. The number of hydrogen-bond acceptors (Lipinski definition) is 2. The smallest absolute Gasteiger partial charge is 0.137 e. The van der Waals surface area contributed by atoms with Crippen LogP contribution in [0.1, 0.15) is 71.6 Å². The molecule has 0 aromatic heterocycles. The van der Waals surface area contributed by atoms with Crippen LogP contribution in [-0.4, -0.2) is 16.5 Å². The summed E-state index contributed by atoms with van der Waals surface area (Å²) in [4.78, 5) is 11.9. The molecular formula is C22H30O2. The van der Waals surface area contributed by atoms with Gasteiger partial charge in [0.1, 0.15) is 5.78 Å². The second kappa shape index (κ2) is 5.19. The van der Waals surface area contributed by atoms with Crippen LogP contribution in [0.25, 0.3) is 0 Å². The molecule has 0 aromatic carbocycles. The lowest BCUT2D eigenvalue weighted by Gasteiger charge is -2.58. The molecule has 4 rings (SSSR count). The van der Waals surface area contributed by atoms with Gasteiger partial charge in [0.2, 0.25) is 0 Å². The van der Waals surface area contributed by atoms with Crippen molar-refractivity contribution in [2.24, 2.45) is 22.7 Å². The van der Waals surface area contributed by atoms with E-state index in [4.69, 9.17) is 0 Å². The van der Waals surface area contributed by atoms with Gasteiger partial charge in [-0.05, 0) is 68.3 Å². The number of allylic oxidation sites excluding steroid dienone is 2. The Labute approximate surface area is 145 Å². The maximum absolute atomic E-state index is 11.9. The lowest BCUT2D eigenvalue weighted by molar-refractivity contribution is -0.120. The van der Waals surface area contributed by atoms with Crippen LogP contribution in [0.15, 0.2) is 29.5 Å². The second-order valence-corrected chi connectivity index (χ2v) is 9.20. The third-order valence-corrected chi connectivity index (χ3v) is 8.39. The Bertz CT molecular complexity index is 667. The molecule has 0 spiro atoms. The van der Waals surface area contributed by atoms with Crippen LogP contribution in [0.5, 0.6) is 0 Å². The summed E-state index contributed by atoms with van der Waals surface area (Å²) in [6, 6.07) is 0. The number of carbonyl (C=O) groups is 1. The molecule has 0 unspecified atom stereocenters. The van der Waals surface area contributed by atoms with Crippen LogP contribution >= 0.6 is 0 Å². The molecule has 5 atom stereocenters. The van der Waals surface area contributed by atoms with Gasteiger partial charge in [-0.25, -0.2) is 0 Å². The highest BCUT2D eigenvalue weighted by atomic mass is 16.3. The average molecular weight is 326 g/mol. The van der Waals surface area contributed by atoms with Crippen molar-refractivity contribution in [3.63, 3.8) is 0 Å². The minimum Gasteiger partial charge on any atom is -0.385 e. The fourth-order valence-electron chi connectivity index (χ4n) is 6.93. The maximum Gasteiger partial charge on any atom is 0.137 e. The lowest BCUT2D eigenvalue weighted by atomic mass is 9.46. The second-order valence-electron chi connectivity index (χ2n) is 9.20. The van der Waals surface area contributed by atoms with Gasteiger partial charge < -0.3 is 5.11 Å². The van der Waals surface area contributed by atoms with Crippen molar-refractivity contribution in [3.05, 3.63) is 29.5 Å². The Balaban J connectivity index is 1.73. The van der Waals surface area contributed by atoms with Crippen LogP contribution < -0.4 is 0 Å². The summed E-state index contributed by atoms with van der Waals surface area (Å²) in [5, 5.41) is 11.3. The molecule has 0 bridgehead atoms. The van der Waals surface area contributed by atoms with Gasteiger partial charge in [-0.3, -0.25) is 4.79 Å². The van der Waals surface area contributed by atoms with E-state index in [-0.39, 0.29) is 10.8 Å². The van der Waals surface area contributed by atoms with E-state index in [0.29, 0.717) is 24.0 Å². The summed E-state index contributed by atoms with van der Waals surface area (Å²) in [7, 11) is 0. The number of rotatable bonds is 1. The first-order chi connectivity index (χ1) is 11.3. The van der Waals surface area contributed by atoms with Crippen LogP contribution in [0.4, 0.5) is 0 Å². The summed E-state index contributed by atoms with van der Waals surface area (Å²) in [6.45, 7) is 8.47. The van der Waals surface area contributed by atoms with Crippen molar-refractivity contribution in [3.8, 4) is 0 Å². The molecule has 4 aliphatic rings. The number of carbonyl (C=O) groups excluding carboxylic acids is 1. The summed E-state index contributed by atoms with van der Waals surface area (Å²) in [5.74, 6) is 1.65. The van der Waals surface area contributed by atoms with Crippen LogP contribution in [0.2, 0.25) is 0 Å². The molecule has 2 saturated carbocycles. The lowest BCUT2D eigenvalue weighted by Crippen LogP contribution is -2.54. The quantitative estimate of drug-likeness (QED) is 0.558. The molecule has 0 amide bonds. The molecule has 0 aliphatic heterocycles. The predicted octanol–water partition coefficient (Wildman–Crippen LogP) is 4.73. The highest BCUT2D eigenvalue weighted by molar-refractivity contribution is 5.83. The monoisotopic (exact) mass is 326 g/mol. The summed E-state index contributed by atoms with van der Waals surface area (Å²) in [5.41, 5.74) is 5.42. The normalized spacial score (nSPS) is 47.5. The van der Waals surface area contributed by atoms with Gasteiger partial charge in [-0.1, -0.05) is 31.6 Å². The number of aliphatic hydroxyl groups is 1. The zero-order valence-electron chi connectivity index (χ0n) is 15.2. The predicted molar refractivity (Wildman–Crippen MR) is 95.4 cm³/mol. The third-order valence-electron chi connectivity index (χ3n) is 8.39. The molecule has 2 nitrogen and oxygen atoms in total. The molecule has 0 aromatic rings. The van der Waals surface area contributed by atoms with Crippen molar-refractivity contribution in [1.82, 2.24) is 0 Å². The standard InChI is InChI=1S/C22H30O2/c1-4-10-22(24)11-9-19-18-7-5-15-14-16(23)6-8-17(15)20(18,2)12-13-21(19,22)3/h10,18-19,24H,1,5-9,11-14H2,2-3H3/t18-,19-,20+,21-,22-/m0/s1. The van der Waals surface area contributed by atoms with Gasteiger partial charge in [0, 0.05) is 18.3 Å². The first-order valence-corrected chi connectivity index (χ1v) is 9.66. The minimum atomic E-state index is -0.738. The molecular weight excluding hydrogens is 296 g/mol. The van der Waals surface area contributed by atoms with Crippen molar-refractivity contribution in [2.75, 3.05) is 0 Å². The average Bonchev–Trinajstić information content (AvgIpc) is 2.79. The van der Waals surface area contributed by atoms with Crippen LogP contribution in [0.3, 0.4) is 0 Å². The summed E-state index contributed by atoms with van der Waals surface area (Å²) in [6.07, 6.45) is 10.7. The van der Waals surface area contributed by atoms with E-state index in [0.717, 1.165) is 44.9 Å². The van der Waals surface area contributed by atoms with Gasteiger partial charge in [-0.15, -0.1) is 5.73 Å². The highest BCUT2D eigenvalue weighted by Gasteiger charge is 2.63. The number of hydrogen-bond donors (Lipinski definition) is 1. The summed E-state index contributed by atoms with van der Waals surface area (Å²) >= 11 is 0. The van der Waals surface area contributed by atoms with Gasteiger partial charge >= 0.3 is 0 Å². The van der Waals surface area contributed by atoms with Crippen LogP contribution in [0, 0.1) is 22.7 Å². The first kappa shape index (κ1) is 16.4. The number of ketones is 1. The molecule has 4 aliphatic carbocycles. The zero-order valence-corrected chi connectivity index (χ0v) is 15.2. The van der Waals surface area contributed by atoms with E-state index in [1.165, 1.54) is 12.0 Å². The van der Waals surface area contributed by atoms with E-state index in [2.05, 4.69) is 26.2 Å². The summed E-state index contributed by atoms with van der Waals surface area (Å²) < 4.78 is 0. The van der Waals surface area contributed by atoms with Gasteiger partial charge in [0.15, 0.2) is 0 Å². The topological polar surface area (TPSA) is 37.3 Å². The Morgan fingerprint density at radius 2 is 1.92 bits per heavy atom. The highest BCUT2D eigenvalue weighted by Crippen LogP contribution is 2.68. The Kier molecular flexibility index (Phi) is 3.54. The Hall–Kier alpha value is -1.11. The van der Waals surface area contributed by atoms with Gasteiger partial charge in [0.05, 0.1) is 5.60 Å². The van der Waals surface area contributed by atoms with Crippen molar-refractivity contribution in [1.29, 1.82) is 0 Å². The minimum absolute atomic E-state index is 0.0512. The largest absolute Gasteiger partial charge is 0.385 e. The fourth-order valence-corrected chi connectivity index (χ4v) is 6.93. The van der Waals surface area contributed by atoms with E-state index < -0.39 is 5.60 Å². The van der Waals surface area contributed by atoms with Crippen molar-refractivity contribution in [2.45, 2.75) is 77.2 Å². The molecule has 0 radical (unpaired) electrons. The van der Waals surface area contributed by atoms with E-state index in [1.54, 1.807) is 5.57 Å². The Morgan fingerprint density at radius 1 is 1.12 bits per heavy atom. The fraction of sp³-hybridized carbons (Fsp3) is 0.727. The number of Topliss-reactive ketones (excluding diaryl/α,β-unsaturated/α-hetero) is 1. The molecule has 0 saturated heterocycles. The zero-order chi connectivity index (χ0) is 17.2. The van der Waals surface area contributed by atoms with Crippen molar-refractivity contribution >= 4 is 5.78 Å². The molecule has 2 heteroatoms. The molecule has 2 fully saturated rings. The number of fused-ring (bicyclic) bond motifs is 4. The first-order valence-electron chi connectivity index (χ1n) is 9.66. The Morgan fingerprint density at radius 3 is 2.67 bits per heavy atom. The van der Waals surface area contributed by atoms with Crippen molar-refractivity contribution < 1.29 is 9.90 Å². The molecule has 130 valence electrons. The third kappa shape index (κ3) is 1.96. The van der Waals surface area contributed by atoms with Crippen LogP contribution in [-0.2, 0) is 4.79 Å². The van der Waals surface area contributed by atoms with E-state index in [9.17, 15) is 9.90 Å². The van der Waals surface area contributed by atoms with E-state index in [1.807, 2.05) is 6.08 Å². The molecule has 1 N–H and O–H groups in total. The SMILES string of the molecule is C=C=C[C@]1(O)CC[C@H]2[C@@H]3CCC4=C(CCC(=O)C4)[C@@]3(C)CC[C@@]21C. The maximum atomic E-state index is 11.9. The van der Waals surface area contributed by atoms with E-state index >= 15 is 0 Å². The molecule has 24 heavy (non-hydrogen) atoms.